The molecule has 0 spiro atoms. The van der Waals surface area contributed by atoms with Gasteiger partial charge in [-0.15, -0.1) is 5.10 Å². The van der Waals surface area contributed by atoms with E-state index in [-0.39, 0.29) is 17.5 Å². The minimum Gasteiger partial charge on any atom is -0.496 e. The first-order valence-electron chi connectivity index (χ1n) is 9.41. The summed E-state index contributed by atoms with van der Waals surface area (Å²) in [4.78, 5) is 27.3. The van der Waals surface area contributed by atoms with Crippen LogP contribution in [0.2, 0.25) is 0 Å². The van der Waals surface area contributed by atoms with E-state index in [0.717, 1.165) is 11.3 Å². The van der Waals surface area contributed by atoms with Crippen molar-refractivity contribution in [2.75, 3.05) is 20.2 Å². The van der Waals surface area contributed by atoms with E-state index in [1.807, 2.05) is 41.3 Å². The maximum atomic E-state index is 12.7. The molecule has 144 valence electrons. The van der Waals surface area contributed by atoms with Crippen LogP contribution in [-0.2, 0) is 11.2 Å². The number of para-hydroxylation sites is 1. The van der Waals surface area contributed by atoms with Crippen LogP contribution in [0, 0.1) is 0 Å². The predicted molar refractivity (Wildman–Crippen MR) is 105 cm³/mol. The normalized spacial score (nSPS) is 15.0. The molecule has 0 saturated carbocycles. The quantitative estimate of drug-likeness (QED) is 0.696. The number of amides is 1. The van der Waals surface area contributed by atoms with Crippen LogP contribution in [0.15, 0.2) is 53.3 Å². The number of piperidine rings is 1. The third-order valence-corrected chi connectivity index (χ3v) is 5.29. The largest absolute Gasteiger partial charge is 0.496 e. The van der Waals surface area contributed by atoms with Crippen LogP contribution >= 0.6 is 0 Å². The number of carbonyl (C=O) groups excluding carboxylic acids is 1. The van der Waals surface area contributed by atoms with Crippen molar-refractivity contribution in [1.29, 1.82) is 0 Å². The molecular formula is C21H22N4O3. The lowest BCUT2D eigenvalue weighted by atomic mass is 10.0. The molecule has 0 radical (unpaired) electrons. The van der Waals surface area contributed by atoms with Crippen LogP contribution in [0.5, 0.6) is 5.75 Å². The minimum absolute atomic E-state index is 0.0417. The lowest BCUT2D eigenvalue weighted by molar-refractivity contribution is -0.131. The monoisotopic (exact) mass is 378 g/mol. The fraction of sp³-hybridized carbons (Fsp3) is 0.333. The van der Waals surface area contributed by atoms with Crippen LogP contribution in [0.4, 0.5) is 0 Å². The van der Waals surface area contributed by atoms with Crippen molar-refractivity contribution in [2.45, 2.75) is 25.3 Å². The van der Waals surface area contributed by atoms with Gasteiger partial charge in [-0.05, 0) is 31.0 Å². The molecule has 0 N–H and O–H groups in total. The Kier molecular flexibility index (Phi) is 5.06. The van der Waals surface area contributed by atoms with E-state index in [0.29, 0.717) is 43.3 Å². The molecule has 1 saturated heterocycles. The smallest absolute Gasteiger partial charge is 0.277 e. The molecule has 4 rings (SSSR count). The Hall–Kier alpha value is -3.22. The molecule has 2 heterocycles. The summed E-state index contributed by atoms with van der Waals surface area (Å²) >= 11 is 0. The Morgan fingerprint density at radius 3 is 2.61 bits per heavy atom. The van der Waals surface area contributed by atoms with E-state index in [4.69, 9.17) is 4.74 Å². The van der Waals surface area contributed by atoms with Crippen molar-refractivity contribution < 1.29 is 9.53 Å². The lowest BCUT2D eigenvalue weighted by Gasteiger charge is -2.32. The van der Waals surface area contributed by atoms with Gasteiger partial charge in [-0.3, -0.25) is 9.59 Å². The Bertz CT molecular complexity index is 1050. The first kappa shape index (κ1) is 18.2. The third kappa shape index (κ3) is 3.47. The van der Waals surface area contributed by atoms with Crippen molar-refractivity contribution in [3.05, 3.63) is 64.4 Å². The second-order valence-corrected chi connectivity index (χ2v) is 6.96. The van der Waals surface area contributed by atoms with Crippen molar-refractivity contribution in [3.8, 4) is 5.75 Å². The fourth-order valence-corrected chi connectivity index (χ4v) is 3.72. The fourth-order valence-electron chi connectivity index (χ4n) is 3.72. The Labute approximate surface area is 162 Å². The van der Waals surface area contributed by atoms with Gasteiger partial charge in [0.25, 0.3) is 5.56 Å². The lowest BCUT2D eigenvalue weighted by Crippen LogP contribution is -2.42. The second kappa shape index (κ2) is 7.80. The molecule has 7 heteroatoms. The molecule has 0 unspecified atom stereocenters. The number of likely N-dealkylation sites (tertiary alicyclic amines) is 1. The molecule has 1 aliphatic heterocycles. The van der Waals surface area contributed by atoms with Gasteiger partial charge >= 0.3 is 0 Å². The van der Waals surface area contributed by atoms with Gasteiger partial charge in [-0.25, -0.2) is 4.68 Å². The van der Waals surface area contributed by atoms with Gasteiger partial charge in [0.2, 0.25) is 5.91 Å². The summed E-state index contributed by atoms with van der Waals surface area (Å²) in [5.74, 6) is 0.795. The van der Waals surface area contributed by atoms with Crippen LogP contribution < -0.4 is 10.3 Å². The first-order valence-corrected chi connectivity index (χ1v) is 9.41. The van der Waals surface area contributed by atoms with Gasteiger partial charge in [0.05, 0.1) is 25.0 Å². The Morgan fingerprint density at radius 1 is 1.11 bits per heavy atom. The molecule has 3 aromatic rings. The van der Waals surface area contributed by atoms with E-state index in [2.05, 4.69) is 10.3 Å². The summed E-state index contributed by atoms with van der Waals surface area (Å²) in [7, 11) is 1.61. The zero-order valence-corrected chi connectivity index (χ0v) is 15.7. The van der Waals surface area contributed by atoms with Crippen molar-refractivity contribution in [3.63, 3.8) is 0 Å². The summed E-state index contributed by atoms with van der Waals surface area (Å²) in [6.45, 7) is 1.19. The highest BCUT2D eigenvalue weighted by Gasteiger charge is 2.26. The number of fused-ring (bicyclic) bond motifs is 1. The number of aromatic nitrogens is 3. The van der Waals surface area contributed by atoms with E-state index < -0.39 is 0 Å². The van der Waals surface area contributed by atoms with E-state index in [1.165, 1.54) is 4.68 Å². The molecule has 7 nitrogen and oxygen atoms in total. The zero-order chi connectivity index (χ0) is 19.5. The number of methoxy groups -OCH3 is 1. The van der Waals surface area contributed by atoms with Gasteiger partial charge in [0, 0.05) is 18.7 Å². The summed E-state index contributed by atoms with van der Waals surface area (Å²) in [6.07, 6.45) is 1.68. The number of hydrogen-bond acceptors (Lipinski definition) is 5. The number of benzene rings is 2. The zero-order valence-electron chi connectivity index (χ0n) is 15.7. The molecule has 0 bridgehead atoms. The minimum atomic E-state index is -0.121. The average Bonchev–Trinajstić information content (AvgIpc) is 2.75. The highest BCUT2D eigenvalue weighted by atomic mass is 16.5. The highest BCUT2D eigenvalue weighted by Crippen LogP contribution is 2.23. The highest BCUT2D eigenvalue weighted by molar-refractivity contribution is 5.79. The molecule has 1 fully saturated rings. The standard InChI is InChI=1S/C21H22N4O3/c1-28-19-9-5-2-6-15(19)14-20(26)24-12-10-16(11-13-24)25-21(27)17-7-3-4-8-18(17)22-23-25/h2-9,16H,10-14H2,1H3. The Balaban J connectivity index is 1.44. The van der Waals surface area contributed by atoms with Crippen LogP contribution in [0.3, 0.4) is 0 Å². The topological polar surface area (TPSA) is 77.3 Å². The molecule has 1 amide bonds. The van der Waals surface area contributed by atoms with Gasteiger partial charge < -0.3 is 9.64 Å². The number of nitrogens with zero attached hydrogens (tertiary/aromatic N) is 4. The van der Waals surface area contributed by atoms with E-state index in [1.54, 1.807) is 19.2 Å². The van der Waals surface area contributed by atoms with Crippen LogP contribution in [0.1, 0.15) is 24.4 Å². The number of rotatable bonds is 4. The van der Waals surface area contributed by atoms with Crippen LogP contribution in [-0.4, -0.2) is 46.0 Å². The third-order valence-electron chi connectivity index (χ3n) is 5.29. The van der Waals surface area contributed by atoms with E-state index >= 15 is 0 Å². The molecular weight excluding hydrogens is 356 g/mol. The molecule has 28 heavy (non-hydrogen) atoms. The molecule has 1 aromatic heterocycles. The number of hydrogen-bond donors (Lipinski definition) is 0. The maximum absolute atomic E-state index is 12.7. The van der Waals surface area contributed by atoms with Crippen molar-refractivity contribution in [1.82, 2.24) is 19.9 Å². The van der Waals surface area contributed by atoms with Gasteiger partial charge in [0.1, 0.15) is 11.3 Å². The van der Waals surface area contributed by atoms with Crippen molar-refractivity contribution in [2.24, 2.45) is 0 Å². The average molecular weight is 378 g/mol. The molecule has 0 aliphatic carbocycles. The van der Waals surface area contributed by atoms with Gasteiger partial charge in [0.15, 0.2) is 0 Å². The van der Waals surface area contributed by atoms with Gasteiger partial charge in [-0.2, -0.15) is 0 Å². The summed E-state index contributed by atoms with van der Waals surface area (Å²) in [5.41, 5.74) is 1.37. The Morgan fingerprint density at radius 2 is 1.82 bits per heavy atom. The number of carbonyl (C=O) groups is 1. The maximum Gasteiger partial charge on any atom is 0.277 e. The summed E-state index contributed by atoms with van der Waals surface area (Å²) in [5, 5.41) is 8.87. The molecule has 0 atom stereocenters. The predicted octanol–water partition coefficient (Wildman–Crippen LogP) is 2.21. The van der Waals surface area contributed by atoms with Gasteiger partial charge in [-0.1, -0.05) is 35.5 Å². The SMILES string of the molecule is COc1ccccc1CC(=O)N1CCC(n2nnc3ccccc3c2=O)CC1. The number of ether oxygens (including phenoxy) is 1. The summed E-state index contributed by atoms with van der Waals surface area (Å²) < 4.78 is 6.81. The summed E-state index contributed by atoms with van der Waals surface area (Å²) in [6, 6.07) is 14.7. The molecule has 2 aromatic carbocycles. The second-order valence-electron chi connectivity index (χ2n) is 6.96. The first-order chi connectivity index (χ1) is 13.7. The van der Waals surface area contributed by atoms with E-state index in [9.17, 15) is 9.59 Å². The van der Waals surface area contributed by atoms with Crippen molar-refractivity contribution >= 4 is 16.8 Å². The molecule has 1 aliphatic rings. The van der Waals surface area contributed by atoms with Crippen LogP contribution in [0.25, 0.3) is 10.9 Å².